The Bertz CT molecular complexity index is 109. The van der Waals surface area contributed by atoms with E-state index in [1.807, 2.05) is 0 Å². The van der Waals surface area contributed by atoms with Crippen molar-refractivity contribution in [2.75, 3.05) is 13.1 Å². The van der Waals surface area contributed by atoms with Crippen molar-refractivity contribution in [3.8, 4) is 0 Å². The van der Waals surface area contributed by atoms with Crippen molar-refractivity contribution >= 4 is 6.29 Å². The summed E-state index contributed by atoms with van der Waals surface area (Å²) in [6, 6.07) is 0. The minimum absolute atomic E-state index is 1.06. The van der Waals surface area contributed by atoms with Crippen LogP contribution in [0.15, 0.2) is 0 Å². The van der Waals surface area contributed by atoms with E-state index in [1.54, 1.807) is 0 Å². The number of rotatable bonds is 0. The van der Waals surface area contributed by atoms with Gasteiger partial charge < -0.3 is 5.32 Å². The molecule has 0 amide bonds. The molecule has 1 fully saturated rings. The molecule has 1 aliphatic rings. The second-order valence-corrected chi connectivity index (χ2v) is 2.47. The zero-order valence-electron chi connectivity index (χ0n) is 6.66. The molecule has 1 rings (SSSR count). The van der Waals surface area contributed by atoms with Gasteiger partial charge in [-0.05, 0) is 25.9 Å². The Morgan fingerprint density at radius 3 is 1.58 bits per heavy atom. The van der Waals surface area contributed by atoms with Gasteiger partial charge in [0.25, 0.3) is 0 Å². The summed E-state index contributed by atoms with van der Waals surface area (Å²) in [5.74, 6) is 0. The van der Waals surface area contributed by atoms with Crippen LogP contribution in [-0.2, 0) is 4.79 Å². The van der Waals surface area contributed by atoms with E-state index in [0.717, 1.165) is 0 Å². The van der Waals surface area contributed by atoms with Crippen molar-refractivity contribution in [2.24, 2.45) is 0 Å². The first kappa shape index (κ1) is 11.4. The molecule has 0 saturated carbocycles. The van der Waals surface area contributed by atoms with Crippen LogP contribution in [0, 0.1) is 0 Å². The quantitative estimate of drug-likeness (QED) is 0.577. The molecule has 5 heteroatoms. The molecule has 0 radical (unpaired) electrons. The lowest BCUT2D eigenvalue weighted by Crippen LogP contribution is -2.21. The minimum atomic E-state index is -4.64. The highest BCUT2D eigenvalue weighted by molar-refractivity contribution is 5.56. The molecule has 1 N–H and O–H groups in total. The lowest BCUT2D eigenvalue weighted by Gasteiger charge is -2.08. The monoisotopic (exact) mass is 183 g/mol. The van der Waals surface area contributed by atoms with E-state index in [9.17, 15) is 13.2 Å². The van der Waals surface area contributed by atoms with Crippen LogP contribution in [0.2, 0.25) is 0 Å². The smallest absolute Gasteiger partial charge is 0.317 e. The van der Waals surface area contributed by atoms with Crippen LogP contribution in [-0.4, -0.2) is 25.6 Å². The zero-order chi connectivity index (χ0) is 9.45. The van der Waals surface area contributed by atoms with Crippen LogP contribution >= 0.6 is 0 Å². The van der Waals surface area contributed by atoms with Gasteiger partial charge in [0, 0.05) is 0 Å². The number of aldehydes is 1. The van der Waals surface area contributed by atoms with Crippen molar-refractivity contribution in [3.05, 3.63) is 0 Å². The van der Waals surface area contributed by atoms with Gasteiger partial charge in [0.1, 0.15) is 0 Å². The molecular formula is C7H12F3NO. The van der Waals surface area contributed by atoms with E-state index in [0.29, 0.717) is 0 Å². The maximum absolute atomic E-state index is 10.4. The van der Waals surface area contributed by atoms with Crippen molar-refractivity contribution in [3.63, 3.8) is 0 Å². The van der Waals surface area contributed by atoms with Crippen LogP contribution in [0.4, 0.5) is 13.2 Å². The highest BCUT2D eigenvalue weighted by Crippen LogP contribution is 2.08. The van der Waals surface area contributed by atoms with Gasteiger partial charge in [0.05, 0.1) is 0 Å². The molecule has 0 atom stereocenters. The number of hydrogen-bond acceptors (Lipinski definition) is 2. The summed E-state index contributed by atoms with van der Waals surface area (Å²) in [4.78, 5) is 8.70. The Balaban J connectivity index is 0.000000202. The van der Waals surface area contributed by atoms with Crippen molar-refractivity contribution in [2.45, 2.75) is 25.4 Å². The van der Waals surface area contributed by atoms with Gasteiger partial charge in [0.15, 0.2) is 0 Å². The van der Waals surface area contributed by atoms with Crippen molar-refractivity contribution in [1.82, 2.24) is 5.32 Å². The largest absolute Gasteiger partial charge is 0.446 e. The highest BCUT2D eigenvalue weighted by Gasteiger charge is 2.24. The molecule has 0 spiro atoms. The van der Waals surface area contributed by atoms with Crippen LogP contribution in [0.3, 0.4) is 0 Å². The standard InChI is InChI=1S/C5H11N.C2HF3O/c1-2-4-6-5-3-1;3-2(4,5)1-6/h6H,1-5H2;1H. The third kappa shape index (κ3) is 9.42. The van der Waals surface area contributed by atoms with E-state index in [1.165, 1.54) is 32.4 Å². The van der Waals surface area contributed by atoms with Gasteiger partial charge in [-0.2, -0.15) is 13.2 Å². The van der Waals surface area contributed by atoms with Gasteiger partial charge in [-0.15, -0.1) is 0 Å². The first-order chi connectivity index (χ1) is 5.56. The van der Waals surface area contributed by atoms with Crippen LogP contribution in [0.5, 0.6) is 0 Å². The topological polar surface area (TPSA) is 29.1 Å². The number of carbonyl (C=O) groups is 1. The summed E-state index contributed by atoms with van der Waals surface area (Å²) in [5.41, 5.74) is 0. The average molecular weight is 183 g/mol. The molecule has 1 heterocycles. The number of hydrogen-bond donors (Lipinski definition) is 1. The minimum Gasteiger partial charge on any atom is -0.317 e. The number of nitrogens with one attached hydrogen (secondary N) is 1. The Kier molecular flexibility index (Phi) is 5.70. The number of halogens is 3. The molecule has 0 aliphatic carbocycles. The van der Waals surface area contributed by atoms with Gasteiger partial charge in [-0.3, -0.25) is 4.79 Å². The first-order valence-electron chi connectivity index (χ1n) is 3.80. The fourth-order valence-corrected chi connectivity index (χ4v) is 0.802. The maximum atomic E-state index is 10.4. The predicted octanol–water partition coefficient (Wildman–Crippen LogP) is 1.51. The molecular weight excluding hydrogens is 171 g/mol. The Hall–Kier alpha value is -0.580. The molecule has 0 aromatic rings. The lowest BCUT2D eigenvalue weighted by molar-refractivity contribution is -0.156. The van der Waals surface area contributed by atoms with Gasteiger partial charge in [-0.1, -0.05) is 6.42 Å². The molecule has 72 valence electrons. The molecule has 0 aromatic heterocycles. The Morgan fingerprint density at radius 1 is 1.08 bits per heavy atom. The van der Waals surface area contributed by atoms with Crippen LogP contribution in [0.1, 0.15) is 19.3 Å². The Labute approximate surface area is 69.1 Å². The van der Waals surface area contributed by atoms with Gasteiger partial charge in [-0.25, -0.2) is 0 Å². The molecule has 1 aliphatic heterocycles. The number of alkyl halides is 3. The average Bonchev–Trinajstić information content (AvgIpc) is 2.07. The van der Waals surface area contributed by atoms with E-state index in [2.05, 4.69) is 5.32 Å². The van der Waals surface area contributed by atoms with Crippen LogP contribution < -0.4 is 5.32 Å². The van der Waals surface area contributed by atoms with Gasteiger partial charge in [0.2, 0.25) is 6.29 Å². The third-order valence-corrected chi connectivity index (χ3v) is 1.34. The van der Waals surface area contributed by atoms with E-state index in [4.69, 9.17) is 4.79 Å². The molecule has 0 bridgehead atoms. The Morgan fingerprint density at radius 2 is 1.50 bits per heavy atom. The summed E-state index contributed by atoms with van der Waals surface area (Å²) in [6.45, 7) is 2.50. The number of piperidine rings is 1. The lowest BCUT2D eigenvalue weighted by atomic mass is 10.2. The SMILES string of the molecule is C1CCNCC1.O=CC(F)(F)F. The summed E-state index contributed by atoms with van der Waals surface area (Å²) in [5, 5.41) is 3.28. The second kappa shape index (κ2) is 5.99. The molecule has 2 nitrogen and oxygen atoms in total. The molecule has 12 heavy (non-hydrogen) atoms. The third-order valence-electron chi connectivity index (χ3n) is 1.34. The fraction of sp³-hybridized carbons (Fsp3) is 0.857. The first-order valence-corrected chi connectivity index (χ1v) is 3.80. The van der Waals surface area contributed by atoms with Crippen molar-refractivity contribution in [1.29, 1.82) is 0 Å². The van der Waals surface area contributed by atoms with Gasteiger partial charge >= 0.3 is 6.18 Å². The van der Waals surface area contributed by atoms with Crippen molar-refractivity contribution < 1.29 is 18.0 Å². The van der Waals surface area contributed by atoms with Crippen LogP contribution in [0.25, 0.3) is 0 Å². The molecule has 0 aromatic carbocycles. The summed E-state index contributed by atoms with van der Waals surface area (Å²) < 4.78 is 31.2. The van der Waals surface area contributed by atoms with E-state index >= 15 is 0 Å². The maximum Gasteiger partial charge on any atom is 0.446 e. The van der Waals surface area contributed by atoms with E-state index in [-0.39, 0.29) is 0 Å². The molecule has 0 unspecified atom stereocenters. The predicted molar refractivity (Wildman–Crippen MR) is 38.8 cm³/mol. The fourth-order valence-electron chi connectivity index (χ4n) is 0.802. The second-order valence-electron chi connectivity index (χ2n) is 2.47. The normalized spacial score (nSPS) is 17.6. The molecule has 1 saturated heterocycles. The summed E-state index contributed by atoms with van der Waals surface area (Å²) in [7, 11) is 0. The summed E-state index contributed by atoms with van der Waals surface area (Å²) in [6.07, 6.45) is -1.49. The zero-order valence-corrected chi connectivity index (χ0v) is 6.66. The summed E-state index contributed by atoms with van der Waals surface area (Å²) >= 11 is 0. The van der Waals surface area contributed by atoms with E-state index < -0.39 is 12.5 Å². The highest BCUT2D eigenvalue weighted by atomic mass is 19.4. The number of carbonyl (C=O) groups excluding carboxylic acids is 1.